The lowest BCUT2D eigenvalue weighted by Gasteiger charge is -2.20. The van der Waals surface area contributed by atoms with E-state index in [0.29, 0.717) is 0 Å². The highest BCUT2D eigenvalue weighted by atomic mass is 16.7. The summed E-state index contributed by atoms with van der Waals surface area (Å²) in [6.07, 6.45) is 33.5. The first kappa shape index (κ1) is 33.4. The maximum Gasteiger partial charge on any atom is 0.158 e. The van der Waals surface area contributed by atoms with E-state index in [1.165, 1.54) is 96.3 Å². The van der Waals surface area contributed by atoms with Crippen molar-refractivity contribution in [1.82, 2.24) is 4.90 Å². The zero-order valence-electron chi connectivity index (χ0n) is 23.7. The molecule has 0 aromatic heterocycles. The number of hydrogen-bond donors (Lipinski definition) is 0. The molecule has 0 aliphatic carbocycles. The first-order valence-corrected chi connectivity index (χ1v) is 14.9. The predicted octanol–water partition coefficient (Wildman–Crippen LogP) is 9.47. The van der Waals surface area contributed by atoms with Crippen LogP contribution in [0, 0.1) is 0 Å². The van der Waals surface area contributed by atoms with Gasteiger partial charge in [0.1, 0.15) is 0 Å². The minimum Gasteiger partial charge on any atom is -0.353 e. The van der Waals surface area contributed by atoms with Crippen molar-refractivity contribution in [2.45, 2.75) is 142 Å². The molecule has 0 amide bonds. The average molecular weight is 480 g/mol. The Bertz CT molecular complexity index is 433. The molecule has 3 nitrogen and oxygen atoms in total. The zero-order chi connectivity index (χ0) is 25.0. The van der Waals surface area contributed by atoms with Crippen LogP contribution >= 0.6 is 0 Å². The summed E-state index contributed by atoms with van der Waals surface area (Å²) in [5, 5.41) is 0. The Morgan fingerprint density at radius 3 is 1.53 bits per heavy atom. The Labute approximate surface area is 214 Å². The summed E-state index contributed by atoms with van der Waals surface area (Å²) in [4.78, 5) is 2.21. The summed E-state index contributed by atoms with van der Waals surface area (Å²) >= 11 is 0. The first-order valence-electron chi connectivity index (χ1n) is 14.9. The summed E-state index contributed by atoms with van der Waals surface area (Å²) in [7, 11) is 4.24. The fourth-order valence-electron chi connectivity index (χ4n) is 3.98. The molecule has 0 heterocycles. The number of ether oxygens (including phenoxy) is 2. The molecule has 0 fully saturated rings. The normalized spacial score (nSPS) is 13.1. The molecule has 0 aliphatic heterocycles. The highest BCUT2D eigenvalue weighted by molar-refractivity contribution is 4.92. The third kappa shape index (κ3) is 27.6. The molecule has 0 saturated heterocycles. The van der Waals surface area contributed by atoms with Crippen LogP contribution in [-0.2, 0) is 9.47 Å². The lowest BCUT2D eigenvalue weighted by molar-refractivity contribution is -0.148. The molecule has 202 valence electrons. The Morgan fingerprint density at radius 2 is 1.00 bits per heavy atom. The summed E-state index contributed by atoms with van der Waals surface area (Å²) < 4.78 is 12.2. The summed E-state index contributed by atoms with van der Waals surface area (Å²) in [6.45, 7) is 7.23. The number of hydrogen-bond acceptors (Lipinski definition) is 3. The Balaban J connectivity index is 3.61. The van der Waals surface area contributed by atoms with E-state index < -0.39 is 0 Å². The van der Waals surface area contributed by atoms with E-state index in [1.54, 1.807) is 0 Å². The molecule has 0 N–H and O–H groups in total. The quantitative estimate of drug-likeness (QED) is 0.0665. The lowest BCUT2D eigenvalue weighted by atomic mass is 10.1. The average Bonchev–Trinajstić information content (AvgIpc) is 2.83. The Hall–Kier alpha value is -0.640. The molecule has 1 unspecified atom stereocenters. The largest absolute Gasteiger partial charge is 0.353 e. The van der Waals surface area contributed by atoms with Gasteiger partial charge in [-0.15, -0.1) is 0 Å². The smallest absolute Gasteiger partial charge is 0.158 e. The topological polar surface area (TPSA) is 21.7 Å². The standard InChI is InChI=1S/C31H61NO2/c1-5-7-9-11-13-14-15-16-17-18-19-20-21-22-24-26-30-34-31(27-28-32(3)4)33-29-25-23-12-10-8-6-2/h13-14,16-17,31H,5-12,15,18-30H2,1-4H3/b14-13-,17-16-. The Morgan fingerprint density at radius 1 is 0.559 bits per heavy atom. The second kappa shape index (κ2) is 28.6. The second-order valence-electron chi connectivity index (χ2n) is 10.1. The van der Waals surface area contributed by atoms with Gasteiger partial charge >= 0.3 is 0 Å². The van der Waals surface area contributed by atoms with Gasteiger partial charge in [-0.2, -0.15) is 0 Å². The summed E-state index contributed by atoms with van der Waals surface area (Å²) in [5.74, 6) is 0. The van der Waals surface area contributed by atoms with Crippen LogP contribution in [-0.4, -0.2) is 45.0 Å². The van der Waals surface area contributed by atoms with Gasteiger partial charge in [-0.1, -0.05) is 109 Å². The molecule has 34 heavy (non-hydrogen) atoms. The zero-order valence-corrected chi connectivity index (χ0v) is 23.7. The van der Waals surface area contributed by atoms with Crippen molar-refractivity contribution < 1.29 is 9.47 Å². The van der Waals surface area contributed by atoms with Gasteiger partial charge in [0.15, 0.2) is 6.29 Å². The maximum absolute atomic E-state index is 6.09. The number of allylic oxidation sites excluding steroid dienone is 4. The number of unbranched alkanes of at least 4 members (excludes halogenated alkanes) is 14. The van der Waals surface area contributed by atoms with Crippen LogP contribution in [0.3, 0.4) is 0 Å². The van der Waals surface area contributed by atoms with Crippen molar-refractivity contribution in [3.05, 3.63) is 24.3 Å². The molecule has 0 aromatic rings. The third-order valence-corrected chi connectivity index (χ3v) is 6.26. The van der Waals surface area contributed by atoms with Gasteiger partial charge in [0.05, 0.1) is 0 Å². The van der Waals surface area contributed by atoms with Gasteiger partial charge in [-0.25, -0.2) is 0 Å². The molecule has 0 aliphatic rings. The fraction of sp³-hybridized carbons (Fsp3) is 0.871. The minimum atomic E-state index is -0.0315. The maximum atomic E-state index is 6.09. The van der Waals surface area contributed by atoms with Crippen LogP contribution in [0.2, 0.25) is 0 Å². The van der Waals surface area contributed by atoms with Gasteiger partial charge < -0.3 is 14.4 Å². The van der Waals surface area contributed by atoms with Crippen LogP contribution in [0.15, 0.2) is 24.3 Å². The highest BCUT2D eigenvalue weighted by Crippen LogP contribution is 2.11. The van der Waals surface area contributed by atoms with Gasteiger partial charge in [0.25, 0.3) is 0 Å². The summed E-state index contributed by atoms with van der Waals surface area (Å²) in [6, 6.07) is 0. The molecule has 0 spiro atoms. The van der Waals surface area contributed by atoms with E-state index in [4.69, 9.17) is 9.47 Å². The monoisotopic (exact) mass is 479 g/mol. The highest BCUT2D eigenvalue weighted by Gasteiger charge is 2.10. The second-order valence-corrected chi connectivity index (χ2v) is 10.1. The van der Waals surface area contributed by atoms with Crippen molar-refractivity contribution >= 4 is 0 Å². The molecule has 1 atom stereocenters. The number of rotatable bonds is 27. The van der Waals surface area contributed by atoms with Crippen molar-refractivity contribution in [3.63, 3.8) is 0 Å². The SMILES string of the molecule is CCCCC/C=C\C/C=C\CCCCCCCCOC(CCN(C)C)OCCCCCCCC. The summed E-state index contributed by atoms with van der Waals surface area (Å²) in [5.41, 5.74) is 0. The lowest BCUT2D eigenvalue weighted by Crippen LogP contribution is -2.25. The van der Waals surface area contributed by atoms with Crippen LogP contribution in [0.5, 0.6) is 0 Å². The molecular formula is C31H61NO2. The van der Waals surface area contributed by atoms with E-state index in [1.807, 2.05) is 0 Å². The van der Waals surface area contributed by atoms with Gasteiger partial charge in [0.2, 0.25) is 0 Å². The molecule has 0 rings (SSSR count). The van der Waals surface area contributed by atoms with Crippen molar-refractivity contribution in [2.24, 2.45) is 0 Å². The van der Waals surface area contributed by atoms with Crippen LogP contribution in [0.4, 0.5) is 0 Å². The molecule has 3 heteroatoms. The van der Waals surface area contributed by atoms with Gasteiger partial charge in [-0.05, 0) is 59.0 Å². The molecule has 0 bridgehead atoms. The van der Waals surface area contributed by atoms with Crippen molar-refractivity contribution in [1.29, 1.82) is 0 Å². The van der Waals surface area contributed by atoms with Gasteiger partial charge in [-0.3, -0.25) is 0 Å². The Kier molecular flexibility index (Phi) is 28.1. The van der Waals surface area contributed by atoms with E-state index in [-0.39, 0.29) is 6.29 Å². The molecule has 0 saturated carbocycles. The van der Waals surface area contributed by atoms with E-state index in [0.717, 1.165) is 45.4 Å². The molecule has 0 aromatic carbocycles. The molecule has 0 radical (unpaired) electrons. The van der Waals surface area contributed by atoms with E-state index >= 15 is 0 Å². The van der Waals surface area contributed by atoms with Crippen LogP contribution in [0.25, 0.3) is 0 Å². The fourth-order valence-corrected chi connectivity index (χ4v) is 3.98. The van der Waals surface area contributed by atoms with E-state index in [9.17, 15) is 0 Å². The third-order valence-electron chi connectivity index (χ3n) is 6.26. The number of nitrogens with zero attached hydrogens (tertiary/aromatic N) is 1. The van der Waals surface area contributed by atoms with Crippen LogP contribution < -0.4 is 0 Å². The molecular weight excluding hydrogens is 418 g/mol. The van der Waals surface area contributed by atoms with Crippen molar-refractivity contribution in [3.8, 4) is 0 Å². The van der Waals surface area contributed by atoms with Crippen LogP contribution in [0.1, 0.15) is 136 Å². The van der Waals surface area contributed by atoms with Crippen molar-refractivity contribution in [2.75, 3.05) is 33.9 Å². The predicted molar refractivity (Wildman–Crippen MR) is 152 cm³/mol. The first-order chi connectivity index (χ1) is 16.7. The van der Waals surface area contributed by atoms with Gasteiger partial charge in [0, 0.05) is 26.2 Å². The minimum absolute atomic E-state index is 0.0315. The van der Waals surface area contributed by atoms with E-state index in [2.05, 4.69) is 57.1 Å².